The number of rotatable bonds is 6. The summed E-state index contributed by atoms with van der Waals surface area (Å²) in [4.78, 5) is 13.2. The summed E-state index contributed by atoms with van der Waals surface area (Å²) in [6.07, 6.45) is 5.48. The molecule has 2 aromatic carbocycles. The highest BCUT2D eigenvalue weighted by atomic mass is 19.1. The topological polar surface area (TPSA) is 61.5 Å². The van der Waals surface area contributed by atoms with Gasteiger partial charge in [-0.15, -0.1) is 0 Å². The number of hydrogen-bond acceptors (Lipinski definition) is 5. The zero-order valence-electron chi connectivity index (χ0n) is 19.1. The van der Waals surface area contributed by atoms with Gasteiger partial charge in [-0.05, 0) is 47.5 Å². The fraction of sp³-hybridized carbons (Fsp3) is 0.269. The second-order valence-electron chi connectivity index (χ2n) is 8.85. The Morgan fingerprint density at radius 3 is 2.45 bits per heavy atom. The van der Waals surface area contributed by atoms with Gasteiger partial charge in [0.25, 0.3) is 0 Å². The molecule has 0 saturated heterocycles. The average Bonchev–Trinajstić information content (AvgIpc) is 3.40. The average molecular weight is 445 g/mol. The molecule has 4 aromatic rings. The minimum Gasteiger partial charge on any atom is -0.467 e. The van der Waals surface area contributed by atoms with Crippen LogP contribution in [-0.2, 0) is 16.7 Å². The molecule has 168 valence electrons. The fourth-order valence-corrected chi connectivity index (χ4v) is 4.67. The number of aliphatic imine (C=N–C) groups is 1. The molecule has 0 radical (unpaired) electrons. The molecule has 1 aliphatic heterocycles. The van der Waals surface area contributed by atoms with Crippen molar-refractivity contribution in [2.24, 2.45) is 4.99 Å². The smallest absolute Gasteiger partial charge is 0.316 e. The molecule has 0 amide bonds. The van der Waals surface area contributed by atoms with Gasteiger partial charge >= 0.3 is 6.01 Å². The second-order valence-corrected chi connectivity index (χ2v) is 8.85. The van der Waals surface area contributed by atoms with Crippen molar-refractivity contribution in [2.45, 2.75) is 25.8 Å². The molecule has 3 heterocycles. The van der Waals surface area contributed by atoms with Crippen molar-refractivity contribution in [2.75, 3.05) is 20.8 Å². The minimum atomic E-state index is -0.379. The number of halogens is 1. The van der Waals surface area contributed by atoms with E-state index in [2.05, 4.69) is 45.5 Å². The van der Waals surface area contributed by atoms with E-state index in [1.54, 1.807) is 38.7 Å². The molecule has 0 unspecified atom stereocenters. The molecule has 2 aromatic heterocycles. The molecule has 0 saturated carbocycles. The third kappa shape index (κ3) is 3.58. The van der Waals surface area contributed by atoms with Gasteiger partial charge < -0.3 is 14.0 Å². The maximum atomic E-state index is 13.8. The highest BCUT2D eigenvalue weighted by molar-refractivity contribution is 6.03. The number of fused-ring (bicyclic) bond motifs is 2. The van der Waals surface area contributed by atoms with Crippen LogP contribution in [0.1, 0.15) is 30.7 Å². The van der Waals surface area contributed by atoms with Crippen LogP contribution >= 0.6 is 0 Å². The standard InChI is InChI=1S/C26H25FN4O2/c1-26(2,15-32-3)24-23(18-13-29-25(33-4)30-14-18)21-9-16-11-28-12-17(16)10-22(21)31(24)20-7-5-19(27)6-8-20/h5-10,12-14H,11,15H2,1-4H3. The predicted molar refractivity (Wildman–Crippen MR) is 127 cm³/mol. The molecule has 0 spiro atoms. The minimum absolute atomic E-state index is 0.273. The van der Waals surface area contributed by atoms with Gasteiger partial charge in [0.2, 0.25) is 0 Å². The van der Waals surface area contributed by atoms with E-state index < -0.39 is 0 Å². The number of hydrogen-bond donors (Lipinski definition) is 0. The molecular formula is C26H25FN4O2. The van der Waals surface area contributed by atoms with Crippen molar-refractivity contribution in [1.82, 2.24) is 14.5 Å². The van der Waals surface area contributed by atoms with Crippen molar-refractivity contribution in [3.63, 3.8) is 0 Å². The first-order valence-electron chi connectivity index (χ1n) is 10.8. The van der Waals surface area contributed by atoms with Gasteiger partial charge in [-0.2, -0.15) is 0 Å². The summed E-state index contributed by atoms with van der Waals surface area (Å²) in [5.41, 5.74) is 6.71. The lowest BCUT2D eigenvalue weighted by atomic mass is 9.85. The lowest BCUT2D eigenvalue weighted by Crippen LogP contribution is -2.27. The van der Waals surface area contributed by atoms with Crippen LogP contribution in [0.4, 0.5) is 4.39 Å². The molecule has 7 heteroatoms. The van der Waals surface area contributed by atoms with Crippen LogP contribution in [0.5, 0.6) is 6.01 Å². The summed E-state index contributed by atoms with van der Waals surface area (Å²) in [5, 5.41) is 1.07. The number of aromatic nitrogens is 3. The third-order valence-electron chi connectivity index (χ3n) is 6.05. The maximum Gasteiger partial charge on any atom is 0.316 e. The SMILES string of the molecule is COCC(C)(C)c1c(-c2cnc(OC)nc2)c2cc3c(cc2n1-c1ccc(F)cc1)C=NC3. The van der Waals surface area contributed by atoms with Crippen LogP contribution in [0.3, 0.4) is 0 Å². The summed E-state index contributed by atoms with van der Waals surface area (Å²) in [7, 11) is 3.25. The first-order chi connectivity index (χ1) is 15.9. The lowest BCUT2D eigenvalue weighted by Gasteiger charge is -2.28. The van der Waals surface area contributed by atoms with E-state index in [1.807, 2.05) is 6.21 Å². The summed E-state index contributed by atoms with van der Waals surface area (Å²) in [6, 6.07) is 11.2. The molecule has 0 atom stereocenters. The molecule has 0 aliphatic carbocycles. The second kappa shape index (κ2) is 8.08. The van der Waals surface area contributed by atoms with Gasteiger partial charge in [-0.25, -0.2) is 14.4 Å². The monoisotopic (exact) mass is 444 g/mol. The maximum absolute atomic E-state index is 13.8. The fourth-order valence-electron chi connectivity index (χ4n) is 4.67. The zero-order valence-corrected chi connectivity index (χ0v) is 19.1. The Bertz CT molecular complexity index is 1360. The van der Waals surface area contributed by atoms with Gasteiger partial charge in [0, 0.05) is 59.0 Å². The summed E-state index contributed by atoms with van der Waals surface area (Å²) in [6.45, 7) is 5.44. The van der Waals surface area contributed by atoms with E-state index in [4.69, 9.17) is 9.47 Å². The van der Waals surface area contributed by atoms with Crippen LogP contribution in [0, 0.1) is 5.82 Å². The van der Waals surface area contributed by atoms with Crippen molar-refractivity contribution in [3.8, 4) is 22.8 Å². The summed E-state index contributed by atoms with van der Waals surface area (Å²) >= 11 is 0. The number of benzene rings is 2. The van der Waals surface area contributed by atoms with E-state index in [0.717, 1.165) is 39.0 Å². The summed E-state index contributed by atoms with van der Waals surface area (Å²) in [5.74, 6) is -0.273. The van der Waals surface area contributed by atoms with Gasteiger partial charge in [0.15, 0.2) is 0 Å². The molecule has 0 N–H and O–H groups in total. The number of nitrogens with zero attached hydrogens (tertiary/aromatic N) is 4. The van der Waals surface area contributed by atoms with Gasteiger partial charge in [-0.1, -0.05) is 13.8 Å². The van der Waals surface area contributed by atoms with Crippen molar-refractivity contribution >= 4 is 17.1 Å². The van der Waals surface area contributed by atoms with Crippen LogP contribution in [-0.4, -0.2) is 41.6 Å². The Kier molecular flexibility index (Phi) is 5.21. The van der Waals surface area contributed by atoms with E-state index >= 15 is 0 Å². The Balaban J connectivity index is 1.91. The van der Waals surface area contributed by atoms with Crippen molar-refractivity contribution in [1.29, 1.82) is 0 Å². The van der Waals surface area contributed by atoms with E-state index in [0.29, 0.717) is 19.2 Å². The van der Waals surface area contributed by atoms with Gasteiger partial charge in [-0.3, -0.25) is 4.99 Å². The van der Waals surface area contributed by atoms with Crippen LogP contribution < -0.4 is 4.74 Å². The van der Waals surface area contributed by atoms with E-state index in [9.17, 15) is 4.39 Å². The first kappa shape index (κ1) is 21.3. The van der Waals surface area contributed by atoms with Crippen LogP contribution in [0.2, 0.25) is 0 Å². The molecule has 1 aliphatic rings. The quantitative estimate of drug-likeness (QED) is 0.416. The Morgan fingerprint density at radius 2 is 1.79 bits per heavy atom. The van der Waals surface area contributed by atoms with Crippen LogP contribution in [0.15, 0.2) is 53.8 Å². The number of ether oxygens (including phenoxy) is 2. The van der Waals surface area contributed by atoms with Crippen molar-refractivity contribution < 1.29 is 13.9 Å². The molecule has 5 rings (SSSR count). The van der Waals surface area contributed by atoms with Crippen LogP contribution in [0.25, 0.3) is 27.7 Å². The molecule has 6 nitrogen and oxygen atoms in total. The number of methoxy groups -OCH3 is 2. The Labute approximate surface area is 191 Å². The van der Waals surface area contributed by atoms with E-state index in [-0.39, 0.29) is 11.2 Å². The Hall–Kier alpha value is -3.58. The Morgan fingerprint density at radius 1 is 1.06 bits per heavy atom. The molecular weight excluding hydrogens is 419 g/mol. The normalized spacial score (nSPS) is 13.0. The predicted octanol–water partition coefficient (Wildman–Crippen LogP) is 5.09. The molecule has 0 fully saturated rings. The molecule has 33 heavy (non-hydrogen) atoms. The highest BCUT2D eigenvalue weighted by Gasteiger charge is 2.33. The highest BCUT2D eigenvalue weighted by Crippen LogP contribution is 2.44. The lowest BCUT2D eigenvalue weighted by molar-refractivity contribution is 0.144. The first-order valence-corrected chi connectivity index (χ1v) is 10.8. The summed E-state index contributed by atoms with van der Waals surface area (Å²) < 4.78 is 26.8. The van der Waals surface area contributed by atoms with Crippen molar-refractivity contribution in [3.05, 3.63) is 71.4 Å². The molecule has 0 bridgehead atoms. The largest absolute Gasteiger partial charge is 0.467 e. The zero-order chi connectivity index (χ0) is 23.2. The van der Waals surface area contributed by atoms with Gasteiger partial charge in [0.05, 0.1) is 25.8 Å². The third-order valence-corrected chi connectivity index (χ3v) is 6.05. The van der Waals surface area contributed by atoms with E-state index in [1.165, 1.54) is 17.7 Å². The van der Waals surface area contributed by atoms with Gasteiger partial charge in [0.1, 0.15) is 5.82 Å².